The highest BCUT2D eigenvalue weighted by atomic mass is 16.1. The van der Waals surface area contributed by atoms with E-state index in [9.17, 15) is 4.79 Å². The zero-order valence-corrected chi connectivity index (χ0v) is 16.8. The molecule has 0 atom stereocenters. The zero-order chi connectivity index (χ0) is 19.8. The largest absolute Gasteiger partial charge is 0.356 e. The van der Waals surface area contributed by atoms with Gasteiger partial charge < -0.3 is 10.2 Å². The van der Waals surface area contributed by atoms with Crippen LogP contribution in [0.1, 0.15) is 42.5 Å². The summed E-state index contributed by atoms with van der Waals surface area (Å²) in [5.74, 6) is 1.81. The molecule has 29 heavy (non-hydrogen) atoms. The number of piperidine rings is 1. The molecule has 5 rings (SSSR count). The number of aryl methyl sites for hydroxylation is 2. The first-order chi connectivity index (χ1) is 14.2. The lowest BCUT2D eigenvalue weighted by molar-refractivity contribution is -0.120. The number of nitrogens with one attached hydrogen (secondary N) is 1. The summed E-state index contributed by atoms with van der Waals surface area (Å²) in [5.41, 5.74) is 4.68. The molecular weight excluding hydrogens is 364 g/mol. The molecule has 0 spiro atoms. The summed E-state index contributed by atoms with van der Waals surface area (Å²) in [6.45, 7) is 3.62. The van der Waals surface area contributed by atoms with Crippen LogP contribution in [0.2, 0.25) is 0 Å². The van der Waals surface area contributed by atoms with E-state index in [-0.39, 0.29) is 11.8 Å². The van der Waals surface area contributed by atoms with Crippen molar-refractivity contribution in [2.75, 3.05) is 23.3 Å². The predicted molar refractivity (Wildman–Crippen MR) is 112 cm³/mol. The van der Waals surface area contributed by atoms with Gasteiger partial charge in [-0.15, -0.1) is 0 Å². The van der Waals surface area contributed by atoms with Crippen molar-refractivity contribution in [3.05, 3.63) is 47.4 Å². The smallest absolute Gasteiger partial charge is 0.254 e. The van der Waals surface area contributed by atoms with Crippen molar-refractivity contribution in [1.29, 1.82) is 0 Å². The van der Waals surface area contributed by atoms with Crippen molar-refractivity contribution in [2.24, 2.45) is 5.92 Å². The highest BCUT2D eigenvalue weighted by molar-refractivity contribution is 5.93. The number of carbonyl (C=O) groups is 1. The highest BCUT2D eigenvalue weighted by Crippen LogP contribution is 2.29. The molecule has 1 saturated heterocycles. The Bertz CT molecular complexity index is 1050. The summed E-state index contributed by atoms with van der Waals surface area (Å²) in [6, 6.07) is 8.36. The minimum Gasteiger partial charge on any atom is -0.356 e. The van der Waals surface area contributed by atoms with Crippen LogP contribution in [-0.4, -0.2) is 38.6 Å². The Morgan fingerprint density at radius 2 is 2.00 bits per heavy atom. The molecule has 2 aromatic heterocycles. The monoisotopic (exact) mass is 390 g/mol. The van der Waals surface area contributed by atoms with Crippen LogP contribution in [0.25, 0.3) is 5.78 Å². The molecule has 1 aliphatic carbocycles. The number of rotatable bonds is 3. The second kappa shape index (κ2) is 7.46. The number of hydrogen-bond donors (Lipinski definition) is 1. The van der Waals surface area contributed by atoms with Crippen LogP contribution in [0.4, 0.5) is 11.5 Å². The molecule has 0 unspecified atom stereocenters. The van der Waals surface area contributed by atoms with E-state index in [1.165, 1.54) is 30.3 Å². The SMILES string of the molecule is Cc1cc(N2CCC(C(=O)Nc3cccc4c3CCCC4)CC2)n2ncnc2n1. The molecule has 0 radical (unpaired) electrons. The summed E-state index contributed by atoms with van der Waals surface area (Å²) in [6.07, 6.45) is 7.85. The first kappa shape index (κ1) is 18.1. The summed E-state index contributed by atoms with van der Waals surface area (Å²) < 4.78 is 1.78. The average molecular weight is 390 g/mol. The van der Waals surface area contributed by atoms with Crippen molar-refractivity contribution in [2.45, 2.75) is 45.4 Å². The predicted octanol–water partition coefficient (Wildman–Crippen LogP) is 3.17. The average Bonchev–Trinajstić information content (AvgIpc) is 3.22. The summed E-state index contributed by atoms with van der Waals surface area (Å²) >= 11 is 0. The third-order valence-corrected chi connectivity index (χ3v) is 6.20. The third kappa shape index (κ3) is 3.45. The minimum absolute atomic E-state index is 0.0415. The van der Waals surface area contributed by atoms with Crippen LogP contribution in [0.15, 0.2) is 30.6 Å². The number of nitrogens with zero attached hydrogens (tertiary/aromatic N) is 5. The maximum Gasteiger partial charge on any atom is 0.254 e. The number of hydrogen-bond acceptors (Lipinski definition) is 5. The summed E-state index contributed by atoms with van der Waals surface area (Å²) in [5, 5.41) is 7.54. The first-order valence-corrected chi connectivity index (χ1v) is 10.5. The van der Waals surface area contributed by atoms with E-state index in [1.807, 2.05) is 13.0 Å². The van der Waals surface area contributed by atoms with Gasteiger partial charge in [-0.1, -0.05) is 12.1 Å². The van der Waals surface area contributed by atoms with E-state index < -0.39 is 0 Å². The molecular formula is C22H26N6O. The minimum atomic E-state index is 0.0415. The van der Waals surface area contributed by atoms with Gasteiger partial charge in [-0.2, -0.15) is 14.6 Å². The van der Waals surface area contributed by atoms with Gasteiger partial charge >= 0.3 is 0 Å². The van der Waals surface area contributed by atoms with Gasteiger partial charge in [0, 0.05) is 36.5 Å². The Hall–Kier alpha value is -2.96. The quantitative estimate of drug-likeness (QED) is 0.743. The van der Waals surface area contributed by atoms with Crippen LogP contribution in [-0.2, 0) is 17.6 Å². The molecule has 1 aromatic carbocycles. The normalized spacial score (nSPS) is 17.3. The molecule has 1 fully saturated rings. The van der Waals surface area contributed by atoms with Crippen molar-refractivity contribution in [3.8, 4) is 0 Å². The fourth-order valence-corrected chi connectivity index (χ4v) is 4.64. The Labute approximate surface area is 170 Å². The molecule has 1 N–H and O–H groups in total. The van der Waals surface area contributed by atoms with Crippen LogP contribution >= 0.6 is 0 Å². The van der Waals surface area contributed by atoms with E-state index in [0.29, 0.717) is 5.78 Å². The van der Waals surface area contributed by atoms with E-state index in [4.69, 9.17) is 0 Å². The number of carbonyl (C=O) groups excluding carboxylic acids is 1. The molecule has 150 valence electrons. The fourth-order valence-electron chi connectivity index (χ4n) is 4.64. The molecule has 1 amide bonds. The number of fused-ring (bicyclic) bond motifs is 2. The molecule has 0 saturated carbocycles. The maximum atomic E-state index is 13.0. The van der Waals surface area contributed by atoms with Gasteiger partial charge in [-0.3, -0.25) is 4.79 Å². The third-order valence-electron chi connectivity index (χ3n) is 6.20. The molecule has 3 aromatic rings. The maximum absolute atomic E-state index is 13.0. The zero-order valence-electron chi connectivity index (χ0n) is 16.8. The van der Waals surface area contributed by atoms with Crippen molar-refractivity contribution in [1.82, 2.24) is 19.6 Å². The Kier molecular flexibility index (Phi) is 4.66. The number of aromatic nitrogens is 4. The Morgan fingerprint density at radius 3 is 2.86 bits per heavy atom. The number of anilines is 2. The second-order valence-corrected chi connectivity index (χ2v) is 8.13. The second-order valence-electron chi connectivity index (χ2n) is 8.13. The highest BCUT2D eigenvalue weighted by Gasteiger charge is 2.27. The van der Waals surface area contributed by atoms with E-state index >= 15 is 0 Å². The van der Waals surface area contributed by atoms with Crippen LogP contribution in [0.5, 0.6) is 0 Å². The van der Waals surface area contributed by atoms with E-state index in [0.717, 1.165) is 56.0 Å². The molecule has 7 heteroatoms. The molecule has 7 nitrogen and oxygen atoms in total. The van der Waals surface area contributed by atoms with Gasteiger partial charge in [0.15, 0.2) is 0 Å². The number of benzene rings is 1. The van der Waals surface area contributed by atoms with E-state index in [2.05, 4.69) is 43.5 Å². The van der Waals surface area contributed by atoms with Crippen LogP contribution in [0, 0.1) is 12.8 Å². The molecule has 2 aliphatic rings. The number of amides is 1. The van der Waals surface area contributed by atoms with Crippen molar-refractivity contribution >= 4 is 23.2 Å². The lowest BCUT2D eigenvalue weighted by Crippen LogP contribution is -2.39. The van der Waals surface area contributed by atoms with Crippen molar-refractivity contribution < 1.29 is 4.79 Å². The van der Waals surface area contributed by atoms with Crippen molar-refractivity contribution in [3.63, 3.8) is 0 Å². The van der Waals surface area contributed by atoms with Gasteiger partial charge in [0.1, 0.15) is 12.1 Å². The van der Waals surface area contributed by atoms with Gasteiger partial charge in [-0.05, 0) is 62.6 Å². The summed E-state index contributed by atoms with van der Waals surface area (Å²) in [7, 11) is 0. The lowest BCUT2D eigenvalue weighted by atomic mass is 9.90. The van der Waals surface area contributed by atoms with Gasteiger partial charge in [-0.25, -0.2) is 4.98 Å². The van der Waals surface area contributed by atoms with Gasteiger partial charge in [0.2, 0.25) is 5.91 Å². The molecule has 3 heterocycles. The topological polar surface area (TPSA) is 75.4 Å². The molecule has 0 bridgehead atoms. The fraction of sp³-hybridized carbons (Fsp3) is 0.455. The van der Waals surface area contributed by atoms with E-state index in [1.54, 1.807) is 4.52 Å². The standard InChI is InChI=1S/C22H26N6O/c1-15-13-20(28-22(25-15)23-14-24-28)27-11-9-17(10-12-27)21(29)26-19-8-4-6-16-5-2-3-7-18(16)19/h4,6,8,13-14,17H,2-3,5,7,9-12H2,1H3,(H,26,29). The summed E-state index contributed by atoms with van der Waals surface area (Å²) in [4.78, 5) is 23.9. The van der Waals surface area contributed by atoms with Crippen LogP contribution < -0.4 is 10.2 Å². The van der Waals surface area contributed by atoms with Gasteiger partial charge in [0.25, 0.3) is 5.78 Å². The van der Waals surface area contributed by atoms with Crippen LogP contribution in [0.3, 0.4) is 0 Å². The Morgan fingerprint density at radius 1 is 1.17 bits per heavy atom. The first-order valence-electron chi connectivity index (χ1n) is 10.5. The Balaban J connectivity index is 1.27. The lowest BCUT2D eigenvalue weighted by Gasteiger charge is -2.33. The van der Waals surface area contributed by atoms with Gasteiger partial charge in [0.05, 0.1) is 0 Å². The molecule has 1 aliphatic heterocycles.